The highest BCUT2D eigenvalue weighted by Crippen LogP contribution is 2.11. The van der Waals surface area contributed by atoms with Gasteiger partial charge in [-0.15, -0.1) is 5.92 Å². The number of unbranched alkanes of at least 4 members (excludes halogenated alkanes) is 9. The summed E-state index contributed by atoms with van der Waals surface area (Å²) in [5.74, 6) is 6.83. The lowest BCUT2D eigenvalue weighted by atomic mass is 10.0. The van der Waals surface area contributed by atoms with Crippen LogP contribution in [0.1, 0.15) is 117 Å². The molecule has 0 aromatic rings. The van der Waals surface area contributed by atoms with Gasteiger partial charge in [0.05, 0.1) is 6.42 Å². The lowest BCUT2D eigenvalue weighted by molar-refractivity contribution is -0.119. The molecule has 138 valence electrons. The van der Waals surface area contributed by atoms with Gasteiger partial charge in [-0.25, -0.2) is 0 Å². The highest BCUT2D eigenvalue weighted by Gasteiger charge is 2.02. The Kier molecular flexibility index (Phi) is 17.4. The zero-order valence-electron chi connectivity index (χ0n) is 16.1. The molecule has 0 bridgehead atoms. The van der Waals surface area contributed by atoms with Crippen molar-refractivity contribution < 1.29 is 9.59 Å². The van der Waals surface area contributed by atoms with Crippen LogP contribution in [0.4, 0.5) is 0 Å². The maximum atomic E-state index is 11.7. The number of hydrogen-bond donors (Lipinski definition) is 0. The van der Waals surface area contributed by atoms with Crippen LogP contribution in [-0.4, -0.2) is 11.6 Å². The van der Waals surface area contributed by atoms with Crippen molar-refractivity contribution in [2.45, 2.75) is 117 Å². The molecule has 0 saturated heterocycles. The summed E-state index contributed by atoms with van der Waals surface area (Å²) in [5, 5.41) is 0. The van der Waals surface area contributed by atoms with E-state index in [-0.39, 0.29) is 0 Å². The molecule has 0 aliphatic heterocycles. The van der Waals surface area contributed by atoms with Gasteiger partial charge in [-0.1, -0.05) is 64.7 Å². The summed E-state index contributed by atoms with van der Waals surface area (Å²) >= 11 is 0. The summed E-state index contributed by atoms with van der Waals surface area (Å²) in [7, 11) is 0. The molecule has 2 heteroatoms. The summed E-state index contributed by atoms with van der Waals surface area (Å²) in [5.41, 5.74) is 0. The quantitative estimate of drug-likeness (QED) is 0.241. The van der Waals surface area contributed by atoms with E-state index >= 15 is 0 Å². The number of hydrogen-bond acceptors (Lipinski definition) is 2. The maximum Gasteiger partial charge on any atom is 0.144 e. The van der Waals surface area contributed by atoms with Crippen molar-refractivity contribution >= 4 is 11.6 Å². The Hall–Kier alpha value is -1.10. The summed E-state index contributed by atoms with van der Waals surface area (Å²) in [6, 6.07) is 0. The predicted molar refractivity (Wildman–Crippen MR) is 103 cm³/mol. The standard InChI is InChI=1S/C22H38O2/c1-3-5-7-8-11-14-19-22(24)20-16-13-10-9-12-15-18-21(23)17-6-4-2/h3-10,12-13,15-20H2,1-2H3. The maximum absolute atomic E-state index is 11.7. The van der Waals surface area contributed by atoms with Gasteiger partial charge >= 0.3 is 0 Å². The topological polar surface area (TPSA) is 34.1 Å². The van der Waals surface area contributed by atoms with Crippen LogP contribution in [0.5, 0.6) is 0 Å². The van der Waals surface area contributed by atoms with Crippen LogP contribution in [0.2, 0.25) is 0 Å². The molecule has 0 rings (SSSR count). The van der Waals surface area contributed by atoms with Crippen LogP contribution in [-0.2, 0) is 9.59 Å². The highest BCUT2D eigenvalue weighted by molar-refractivity contribution is 5.80. The Bertz CT molecular complexity index is 373. The Morgan fingerprint density at radius 2 is 1.12 bits per heavy atom. The molecule has 0 heterocycles. The van der Waals surface area contributed by atoms with Crippen molar-refractivity contribution in [1.29, 1.82) is 0 Å². The fraction of sp³-hybridized carbons (Fsp3) is 0.818. The van der Waals surface area contributed by atoms with Crippen LogP contribution in [0.25, 0.3) is 0 Å². The van der Waals surface area contributed by atoms with Crippen molar-refractivity contribution in [2.75, 3.05) is 0 Å². The molecule has 0 aromatic carbocycles. The van der Waals surface area contributed by atoms with E-state index in [1.165, 1.54) is 25.7 Å². The minimum absolute atomic E-state index is 0.291. The minimum atomic E-state index is 0.291. The number of carbonyl (C=O) groups is 2. The smallest absolute Gasteiger partial charge is 0.144 e. The van der Waals surface area contributed by atoms with Gasteiger partial charge in [-0.05, 0) is 25.7 Å². The molecule has 0 amide bonds. The predicted octanol–water partition coefficient (Wildman–Crippen LogP) is 6.41. The molecule has 0 unspecified atom stereocenters. The zero-order valence-corrected chi connectivity index (χ0v) is 16.1. The normalized spacial score (nSPS) is 10.2. The van der Waals surface area contributed by atoms with E-state index in [0.29, 0.717) is 24.4 Å². The largest absolute Gasteiger partial charge is 0.300 e. The lowest BCUT2D eigenvalue weighted by Gasteiger charge is -2.02. The number of rotatable bonds is 16. The van der Waals surface area contributed by atoms with E-state index in [1.807, 2.05) is 0 Å². The summed E-state index contributed by atoms with van der Waals surface area (Å²) in [6.45, 7) is 4.31. The first-order valence-corrected chi connectivity index (χ1v) is 10.2. The molecule has 0 fully saturated rings. The van der Waals surface area contributed by atoms with Crippen LogP contribution >= 0.6 is 0 Å². The molecule has 0 aliphatic rings. The second-order valence-corrected chi connectivity index (χ2v) is 6.79. The first-order chi connectivity index (χ1) is 11.7. The van der Waals surface area contributed by atoms with Crippen LogP contribution in [0.15, 0.2) is 0 Å². The third-order valence-corrected chi connectivity index (χ3v) is 4.29. The lowest BCUT2D eigenvalue weighted by Crippen LogP contribution is -1.97. The van der Waals surface area contributed by atoms with Gasteiger partial charge in [-0.2, -0.15) is 0 Å². The molecule has 0 radical (unpaired) electrons. The minimum Gasteiger partial charge on any atom is -0.300 e. The van der Waals surface area contributed by atoms with E-state index in [0.717, 1.165) is 64.2 Å². The van der Waals surface area contributed by atoms with Gasteiger partial charge in [0.2, 0.25) is 0 Å². The average Bonchev–Trinajstić information content (AvgIpc) is 2.58. The van der Waals surface area contributed by atoms with Gasteiger partial charge in [0.15, 0.2) is 0 Å². The van der Waals surface area contributed by atoms with Gasteiger partial charge in [0, 0.05) is 25.7 Å². The molecular weight excluding hydrogens is 296 g/mol. The van der Waals surface area contributed by atoms with E-state index in [9.17, 15) is 9.59 Å². The molecule has 0 N–H and O–H groups in total. The Balaban J connectivity index is 3.34. The van der Waals surface area contributed by atoms with E-state index in [2.05, 4.69) is 25.7 Å². The van der Waals surface area contributed by atoms with Crippen molar-refractivity contribution in [2.24, 2.45) is 0 Å². The first kappa shape index (κ1) is 22.9. The number of ketones is 2. The van der Waals surface area contributed by atoms with Gasteiger partial charge in [0.1, 0.15) is 11.6 Å². The second-order valence-electron chi connectivity index (χ2n) is 6.79. The van der Waals surface area contributed by atoms with Gasteiger partial charge < -0.3 is 0 Å². The fourth-order valence-corrected chi connectivity index (χ4v) is 2.65. The summed E-state index contributed by atoms with van der Waals surface area (Å²) in [4.78, 5) is 23.2. The third kappa shape index (κ3) is 17.3. The molecule has 24 heavy (non-hydrogen) atoms. The van der Waals surface area contributed by atoms with Gasteiger partial charge in [-0.3, -0.25) is 9.59 Å². The molecule has 0 aliphatic carbocycles. The van der Waals surface area contributed by atoms with Crippen LogP contribution in [0, 0.1) is 11.8 Å². The molecule has 0 spiro atoms. The van der Waals surface area contributed by atoms with Gasteiger partial charge in [0.25, 0.3) is 0 Å². The van der Waals surface area contributed by atoms with Crippen molar-refractivity contribution in [1.82, 2.24) is 0 Å². The average molecular weight is 335 g/mol. The highest BCUT2D eigenvalue weighted by atomic mass is 16.1. The summed E-state index contributed by atoms with van der Waals surface area (Å²) in [6.07, 6.45) is 16.0. The van der Waals surface area contributed by atoms with Crippen molar-refractivity contribution in [3.63, 3.8) is 0 Å². The van der Waals surface area contributed by atoms with E-state index in [4.69, 9.17) is 0 Å². The Labute approximate surface area is 150 Å². The third-order valence-electron chi connectivity index (χ3n) is 4.29. The molecular formula is C22H38O2. The van der Waals surface area contributed by atoms with E-state index < -0.39 is 0 Å². The molecule has 0 aromatic heterocycles. The molecule has 2 nitrogen and oxygen atoms in total. The van der Waals surface area contributed by atoms with Crippen molar-refractivity contribution in [3.05, 3.63) is 0 Å². The fourth-order valence-electron chi connectivity index (χ4n) is 2.65. The van der Waals surface area contributed by atoms with Crippen LogP contribution < -0.4 is 0 Å². The second kappa shape index (κ2) is 18.2. The van der Waals surface area contributed by atoms with E-state index in [1.54, 1.807) is 0 Å². The zero-order chi connectivity index (χ0) is 17.9. The monoisotopic (exact) mass is 334 g/mol. The number of Topliss-reactive ketones (excluding diaryl/α,β-unsaturated/α-hetero) is 2. The van der Waals surface area contributed by atoms with Crippen molar-refractivity contribution in [3.8, 4) is 11.8 Å². The number of carbonyl (C=O) groups excluding carboxylic acids is 2. The molecule has 0 saturated carbocycles. The SMILES string of the molecule is CCCCCC#CCC(=O)CCCCCCCCC(=O)CCCC. The first-order valence-electron chi connectivity index (χ1n) is 10.2. The summed E-state index contributed by atoms with van der Waals surface area (Å²) < 4.78 is 0. The Morgan fingerprint density at radius 3 is 1.75 bits per heavy atom. The molecule has 0 atom stereocenters. The Morgan fingerprint density at radius 1 is 0.583 bits per heavy atom. The van der Waals surface area contributed by atoms with Crippen LogP contribution in [0.3, 0.4) is 0 Å².